The van der Waals surface area contributed by atoms with Crippen molar-refractivity contribution in [3.8, 4) is 5.75 Å². The van der Waals surface area contributed by atoms with E-state index in [1.807, 2.05) is 26.0 Å². The first-order valence-corrected chi connectivity index (χ1v) is 7.17. The van der Waals surface area contributed by atoms with E-state index < -0.39 is 11.9 Å². The number of para-hydroxylation sites is 1. The van der Waals surface area contributed by atoms with Crippen molar-refractivity contribution in [2.24, 2.45) is 0 Å². The Balaban J connectivity index is 2.17. The Bertz CT molecular complexity index is 659. The molecule has 0 saturated heterocycles. The van der Waals surface area contributed by atoms with Crippen molar-refractivity contribution in [3.05, 3.63) is 65.2 Å². The zero-order valence-electron chi connectivity index (χ0n) is 12.7. The molecular formula is C18H18O4. The fraction of sp³-hybridized carbons (Fsp3) is 0.222. The van der Waals surface area contributed by atoms with Crippen molar-refractivity contribution in [3.63, 3.8) is 0 Å². The van der Waals surface area contributed by atoms with E-state index in [4.69, 9.17) is 9.47 Å². The van der Waals surface area contributed by atoms with Crippen LogP contribution in [0.4, 0.5) is 0 Å². The van der Waals surface area contributed by atoms with E-state index in [2.05, 4.69) is 0 Å². The molecule has 0 aromatic heterocycles. The van der Waals surface area contributed by atoms with Crippen LogP contribution in [0.15, 0.2) is 48.5 Å². The lowest BCUT2D eigenvalue weighted by Crippen LogP contribution is -2.13. The second-order valence-corrected chi connectivity index (χ2v) is 4.89. The Morgan fingerprint density at radius 3 is 2.32 bits per heavy atom. The minimum Gasteiger partial charge on any atom is -0.462 e. The van der Waals surface area contributed by atoms with Gasteiger partial charge in [-0.1, -0.05) is 36.8 Å². The molecule has 0 amide bonds. The number of ether oxygens (including phenoxy) is 2. The summed E-state index contributed by atoms with van der Waals surface area (Å²) < 4.78 is 10.4. The summed E-state index contributed by atoms with van der Waals surface area (Å²) in [6, 6.07) is 13.6. The third-order valence-electron chi connectivity index (χ3n) is 3.03. The Labute approximate surface area is 129 Å². The lowest BCUT2D eigenvalue weighted by atomic mass is 10.1. The van der Waals surface area contributed by atoms with Crippen LogP contribution in [0.1, 0.15) is 39.6 Å². The first-order chi connectivity index (χ1) is 10.6. The quantitative estimate of drug-likeness (QED) is 0.622. The van der Waals surface area contributed by atoms with Crippen LogP contribution in [0.5, 0.6) is 5.75 Å². The molecule has 2 aromatic rings. The first-order valence-electron chi connectivity index (χ1n) is 7.17. The summed E-state index contributed by atoms with van der Waals surface area (Å²) in [5.41, 5.74) is 1.74. The molecule has 0 saturated carbocycles. The lowest BCUT2D eigenvalue weighted by Gasteiger charge is -2.09. The molecule has 4 nitrogen and oxygen atoms in total. The van der Waals surface area contributed by atoms with Gasteiger partial charge in [0.1, 0.15) is 11.3 Å². The molecule has 4 heteroatoms. The number of benzene rings is 2. The van der Waals surface area contributed by atoms with Crippen molar-refractivity contribution >= 4 is 11.9 Å². The molecule has 0 N–H and O–H groups in total. The molecule has 0 aliphatic carbocycles. The predicted molar refractivity (Wildman–Crippen MR) is 83.2 cm³/mol. The molecule has 0 bridgehead atoms. The summed E-state index contributed by atoms with van der Waals surface area (Å²) in [4.78, 5) is 24.1. The Kier molecular flexibility index (Phi) is 5.31. The fourth-order valence-electron chi connectivity index (χ4n) is 1.85. The minimum atomic E-state index is -0.504. The topological polar surface area (TPSA) is 52.6 Å². The number of aryl methyl sites for hydroxylation is 1. The second-order valence-electron chi connectivity index (χ2n) is 4.89. The maximum Gasteiger partial charge on any atom is 0.343 e. The van der Waals surface area contributed by atoms with E-state index >= 15 is 0 Å². The van der Waals surface area contributed by atoms with Gasteiger partial charge in [0, 0.05) is 0 Å². The average Bonchev–Trinajstić information content (AvgIpc) is 2.53. The molecule has 0 aliphatic heterocycles. The van der Waals surface area contributed by atoms with Crippen LogP contribution in [-0.4, -0.2) is 18.5 Å². The second kappa shape index (κ2) is 7.41. The van der Waals surface area contributed by atoms with Gasteiger partial charge in [0.05, 0.1) is 12.2 Å². The molecule has 0 radical (unpaired) electrons. The van der Waals surface area contributed by atoms with Gasteiger partial charge in [0.15, 0.2) is 0 Å². The first kappa shape index (κ1) is 15.8. The predicted octanol–water partition coefficient (Wildman–Crippen LogP) is 3.78. The molecule has 22 heavy (non-hydrogen) atoms. The third-order valence-corrected chi connectivity index (χ3v) is 3.03. The van der Waals surface area contributed by atoms with Gasteiger partial charge in [-0.05, 0) is 37.6 Å². The van der Waals surface area contributed by atoms with Crippen LogP contribution in [0.2, 0.25) is 0 Å². The van der Waals surface area contributed by atoms with Crippen molar-refractivity contribution in [1.82, 2.24) is 0 Å². The van der Waals surface area contributed by atoms with Crippen LogP contribution in [0, 0.1) is 6.92 Å². The van der Waals surface area contributed by atoms with Crippen LogP contribution in [0.25, 0.3) is 0 Å². The van der Waals surface area contributed by atoms with Gasteiger partial charge in [0.25, 0.3) is 0 Å². The number of carbonyl (C=O) groups is 2. The average molecular weight is 298 g/mol. The highest BCUT2D eigenvalue weighted by molar-refractivity contribution is 5.96. The highest BCUT2D eigenvalue weighted by Gasteiger charge is 2.16. The van der Waals surface area contributed by atoms with Gasteiger partial charge in [-0.3, -0.25) is 0 Å². The Morgan fingerprint density at radius 2 is 1.64 bits per heavy atom. The van der Waals surface area contributed by atoms with E-state index in [0.29, 0.717) is 12.2 Å². The molecule has 2 aromatic carbocycles. The molecular weight excluding hydrogens is 280 g/mol. The van der Waals surface area contributed by atoms with Crippen LogP contribution in [-0.2, 0) is 4.74 Å². The van der Waals surface area contributed by atoms with Crippen molar-refractivity contribution in [1.29, 1.82) is 0 Å². The van der Waals surface area contributed by atoms with E-state index in [1.54, 1.807) is 36.4 Å². The van der Waals surface area contributed by atoms with Crippen molar-refractivity contribution in [2.75, 3.05) is 6.61 Å². The summed E-state index contributed by atoms with van der Waals surface area (Å²) >= 11 is 0. The third kappa shape index (κ3) is 3.95. The van der Waals surface area contributed by atoms with E-state index in [-0.39, 0.29) is 11.3 Å². The molecule has 0 fully saturated rings. The highest BCUT2D eigenvalue weighted by atomic mass is 16.5. The van der Waals surface area contributed by atoms with Gasteiger partial charge in [-0.15, -0.1) is 0 Å². The van der Waals surface area contributed by atoms with Crippen molar-refractivity contribution < 1.29 is 19.1 Å². The minimum absolute atomic E-state index is 0.203. The zero-order chi connectivity index (χ0) is 15.9. The number of hydrogen-bond donors (Lipinski definition) is 0. The molecule has 0 atom stereocenters. The molecule has 2 rings (SSSR count). The summed E-state index contributed by atoms with van der Waals surface area (Å²) in [6.07, 6.45) is 0.733. The molecule has 0 unspecified atom stereocenters. The van der Waals surface area contributed by atoms with Crippen LogP contribution in [0.3, 0.4) is 0 Å². The summed E-state index contributed by atoms with van der Waals surface area (Å²) in [7, 11) is 0. The smallest absolute Gasteiger partial charge is 0.343 e. The molecule has 114 valence electrons. The summed E-state index contributed by atoms with van der Waals surface area (Å²) in [6.45, 7) is 4.18. The number of hydrogen-bond acceptors (Lipinski definition) is 4. The summed E-state index contributed by atoms with van der Waals surface area (Å²) in [5, 5.41) is 0. The SMILES string of the molecule is CCCOC(=O)c1ccccc1OC(=O)c1ccc(C)cc1. The van der Waals surface area contributed by atoms with Gasteiger partial charge >= 0.3 is 11.9 Å². The number of esters is 2. The normalized spacial score (nSPS) is 10.1. The van der Waals surface area contributed by atoms with Crippen LogP contribution >= 0.6 is 0 Å². The molecule has 0 aliphatic rings. The van der Waals surface area contributed by atoms with Gasteiger partial charge in [0.2, 0.25) is 0 Å². The summed E-state index contributed by atoms with van der Waals surface area (Å²) in [5.74, 6) is -0.793. The van der Waals surface area contributed by atoms with Gasteiger partial charge in [-0.2, -0.15) is 0 Å². The Hall–Kier alpha value is -2.62. The monoisotopic (exact) mass is 298 g/mol. The largest absolute Gasteiger partial charge is 0.462 e. The van der Waals surface area contributed by atoms with Gasteiger partial charge < -0.3 is 9.47 Å². The molecule has 0 heterocycles. The number of rotatable bonds is 5. The maximum atomic E-state index is 12.1. The fourth-order valence-corrected chi connectivity index (χ4v) is 1.85. The van der Waals surface area contributed by atoms with Crippen molar-refractivity contribution in [2.45, 2.75) is 20.3 Å². The van der Waals surface area contributed by atoms with E-state index in [0.717, 1.165) is 12.0 Å². The maximum absolute atomic E-state index is 12.1. The molecule has 0 spiro atoms. The van der Waals surface area contributed by atoms with Crippen LogP contribution < -0.4 is 4.74 Å². The van der Waals surface area contributed by atoms with E-state index in [9.17, 15) is 9.59 Å². The van der Waals surface area contributed by atoms with Gasteiger partial charge in [-0.25, -0.2) is 9.59 Å². The Morgan fingerprint density at radius 1 is 0.955 bits per heavy atom. The lowest BCUT2D eigenvalue weighted by molar-refractivity contribution is 0.0499. The zero-order valence-corrected chi connectivity index (χ0v) is 12.7. The standard InChI is InChI=1S/C18H18O4/c1-3-12-21-18(20)15-6-4-5-7-16(15)22-17(19)14-10-8-13(2)9-11-14/h4-11H,3,12H2,1-2H3. The number of carbonyl (C=O) groups excluding carboxylic acids is 2. The highest BCUT2D eigenvalue weighted by Crippen LogP contribution is 2.20. The van der Waals surface area contributed by atoms with E-state index in [1.165, 1.54) is 0 Å².